The summed E-state index contributed by atoms with van der Waals surface area (Å²) in [6.45, 7) is 3.03. The molecule has 1 aromatic carbocycles. The Morgan fingerprint density at radius 3 is 2.90 bits per heavy atom. The van der Waals surface area contributed by atoms with E-state index in [2.05, 4.69) is 17.6 Å². The molecule has 6 nitrogen and oxygen atoms in total. The third-order valence-electron chi connectivity index (χ3n) is 3.60. The summed E-state index contributed by atoms with van der Waals surface area (Å²) in [5.74, 6) is 1.34. The molecule has 0 aromatic heterocycles. The number of anilines is 1. The van der Waals surface area contributed by atoms with E-state index in [4.69, 9.17) is 14.6 Å². The number of ether oxygens (including phenoxy) is 2. The predicted molar refractivity (Wildman–Crippen MR) is 79.8 cm³/mol. The lowest BCUT2D eigenvalue weighted by Gasteiger charge is -2.16. The highest BCUT2D eigenvalue weighted by molar-refractivity contribution is 5.95. The molecule has 1 aliphatic heterocycles. The zero-order chi connectivity index (χ0) is 15.2. The number of hydrogen-bond acceptors (Lipinski definition) is 5. The Labute approximate surface area is 124 Å². The van der Waals surface area contributed by atoms with Crippen LogP contribution in [0.25, 0.3) is 0 Å². The zero-order valence-corrected chi connectivity index (χ0v) is 12.4. The van der Waals surface area contributed by atoms with Crippen molar-refractivity contribution >= 4 is 11.6 Å². The van der Waals surface area contributed by atoms with Crippen molar-refractivity contribution in [3.05, 3.63) is 18.2 Å². The van der Waals surface area contributed by atoms with Gasteiger partial charge in [-0.3, -0.25) is 4.79 Å². The SMILES string of the molecule is COc1ccc(NC(=O)C2NCCC2C)cc1OCCO. The molecule has 1 heterocycles. The molecule has 1 saturated heterocycles. The van der Waals surface area contributed by atoms with Crippen LogP contribution in [-0.2, 0) is 4.79 Å². The maximum absolute atomic E-state index is 12.2. The van der Waals surface area contributed by atoms with Crippen molar-refractivity contribution in [3.8, 4) is 11.5 Å². The molecular formula is C15H22N2O4. The van der Waals surface area contributed by atoms with Crippen LogP contribution < -0.4 is 20.1 Å². The van der Waals surface area contributed by atoms with Crippen LogP contribution >= 0.6 is 0 Å². The van der Waals surface area contributed by atoms with Crippen molar-refractivity contribution in [2.24, 2.45) is 5.92 Å². The molecule has 116 valence electrons. The van der Waals surface area contributed by atoms with Crippen molar-refractivity contribution in [1.82, 2.24) is 5.32 Å². The number of rotatable bonds is 6. The number of aliphatic hydroxyl groups is 1. The normalized spacial score (nSPS) is 21.1. The maximum Gasteiger partial charge on any atom is 0.241 e. The molecule has 1 aliphatic rings. The van der Waals surface area contributed by atoms with Crippen LogP contribution in [0.15, 0.2) is 18.2 Å². The molecule has 0 radical (unpaired) electrons. The van der Waals surface area contributed by atoms with Gasteiger partial charge in [0, 0.05) is 11.8 Å². The van der Waals surface area contributed by atoms with Crippen LogP contribution in [0.5, 0.6) is 11.5 Å². The summed E-state index contributed by atoms with van der Waals surface area (Å²) >= 11 is 0. The lowest BCUT2D eigenvalue weighted by atomic mass is 10.0. The van der Waals surface area contributed by atoms with E-state index in [1.807, 2.05) is 0 Å². The molecule has 1 fully saturated rings. The molecule has 0 spiro atoms. The van der Waals surface area contributed by atoms with Gasteiger partial charge in [0.25, 0.3) is 0 Å². The van der Waals surface area contributed by atoms with E-state index in [9.17, 15) is 4.79 Å². The van der Waals surface area contributed by atoms with E-state index < -0.39 is 0 Å². The van der Waals surface area contributed by atoms with Crippen molar-refractivity contribution in [1.29, 1.82) is 0 Å². The van der Waals surface area contributed by atoms with Gasteiger partial charge < -0.3 is 25.2 Å². The second-order valence-electron chi connectivity index (χ2n) is 5.12. The van der Waals surface area contributed by atoms with Gasteiger partial charge in [-0.05, 0) is 31.0 Å². The highest BCUT2D eigenvalue weighted by Gasteiger charge is 2.29. The lowest BCUT2D eigenvalue weighted by Crippen LogP contribution is -2.39. The van der Waals surface area contributed by atoms with Gasteiger partial charge in [0.2, 0.25) is 5.91 Å². The third kappa shape index (κ3) is 3.86. The van der Waals surface area contributed by atoms with E-state index in [1.165, 1.54) is 0 Å². The minimum atomic E-state index is -0.158. The number of benzene rings is 1. The van der Waals surface area contributed by atoms with Crippen molar-refractivity contribution in [2.75, 3.05) is 32.2 Å². The molecular weight excluding hydrogens is 272 g/mol. The summed E-state index contributed by atoms with van der Waals surface area (Å²) in [5, 5.41) is 14.9. The number of carbonyl (C=O) groups excluding carboxylic acids is 1. The fourth-order valence-corrected chi connectivity index (χ4v) is 2.43. The minimum Gasteiger partial charge on any atom is -0.493 e. The topological polar surface area (TPSA) is 79.8 Å². The van der Waals surface area contributed by atoms with Crippen molar-refractivity contribution < 1.29 is 19.4 Å². The smallest absolute Gasteiger partial charge is 0.241 e. The van der Waals surface area contributed by atoms with Gasteiger partial charge in [-0.1, -0.05) is 6.92 Å². The Morgan fingerprint density at radius 1 is 1.48 bits per heavy atom. The van der Waals surface area contributed by atoms with Gasteiger partial charge in [-0.2, -0.15) is 0 Å². The number of nitrogens with one attached hydrogen (secondary N) is 2. The van der Waals surface area contributed by atoms with Crippen LogP contribution in [0.2, 0.25) is 0 Å². The fraction of sp³-hybridized carbons (Fsp3) is 0.533. The maximum atomic E-state index is 12.2. The van der Waals surface area contributed by atoms with Gasteiger partial charge >= 0.3 is 0 Å². The number of carbonyl (C=O) groups is 1. The summed E-state index contributed by atoms with van der Waals surface area (Å²) in [6, 6.07) is 5.04. The number of methoxy groups -OCH3 is 1. The minimum absolute atomic E-state index is 0.0433. The lowest BCUT2D eigenvalue weighted by molar-refractivity contribution is -0.118. The molecule has 2 rings (SSSR count). The second-order valence-corrected chi connectivity index (χ2v) is 5.12. The Balaban J connectivity index is 2.07. The molecule has 2 atom stereocenters. The summed E-state index contributed by atoms with van der Waals surface area (Å²) in [5.41, 5.74) is 0.648. The Morgan fingerprint density at radius 2 is 2.29 bits per heavy atom. The summed E-state index contributed by atoms with van der Waals surface area (Å²) in [7, 11) is 1.55. The molecule has 21 heavy (non-hydrogen) atoms. The van der Waals surface area contributed by atoms with E-state index in [1.54, 1.807) is 25.3 Å². The molecule has 1 amide bonds. The molecule has 0 saturated carbocycles. The van der Waals surface area contributed by atoms with Gasteiger partial charge in [0.1, 0.15) is 6.61 Å². The van der Waals surface area contributed by atoms with Crippen LogP contribution in [-0.4, -0.2) is 43.9 Å². The van der Waals surface area contributed by atoms with Gasteiger partial charge in [0.15, 0.2) is 11.5 Å². The Hall–Kier alpha value is -1.79. The quantitative estimate of drug-likeness (QED) is 0.729. The summed E-state index contributed by atoms with van der Waals surface area (Å²) in [4.78, 5) is 12.2. The highest BCUT2D eigenvalue weighted by atomic mass is 16.5. The fourth-order valence-electron chi connectivity index (χ4n) is 2.43. The first-order valence-corrected chi connectivity index (χ1v) is 7.11. The summed E-state index contributed by atoms with van der Waals surface area (Å²) in [6.07, 6.45) is 1.01. The van der Waals surface area contributed by atoms with E-state index >= 15 is 0 Å². The average molecular weight is 294 g/mol. The first-order valence-electron chi connectivity index (χ1n) is 7.11. The molecule has 3 N–H and O–H groups in total. The highest BCUT2D eigenvalue weighted by Crippen LogP contribution is 2.30. The van der Waals surface area contributed by atoms with Gasteiger partial charge in [0.05, 0.1) is 19.8 Å². The van der Waals surface area contributed by atoms with Crippen LogP contribution in [0.1, 0.15) is 13.3 Å². The van der Waals surface area contributed by atoms with Crippen LogP contribution in [0, 0.1) is 5.92 Å². The Kier molecular flexibility index (Phi) is 5.41. The first-order chi connectivity index (χ1) is 10.2. The average Bonchev–Trinajstić information content (AvgIpc) is 2.91. The molecule has 6 heteroatoms. The molecule has 0 bridgehead atoms. The molecule has 0 aliphatic carbocycles. The van der Waals surface area contributed by atoms with Crippen LogP contribution in [0.3, 0.4) is 0 Å². The van der Waals surface area contributed by atoms with E-state index in [-0.39, 0.29) is 25.2 Å². The largest absolute Gasteiger partial charge is 0.493 e. The first kappa shape index (κ1) is 15.6. The zero-order valence-electron chi connectivity index (χ0n) is 12.4. The van der Waals surface area contributed by atoms with Crippen molar-refractivity contribution in [2.45, 2.75) is 19.4 Å². The molecule has 2 unspecified atom stereocenters. The third-order valence-corrected chi connectivity index (χ3v) is 3.60. The summed E-state index contributed by atoms with van der Waals surface area (Å²) < 4.78 is 10.6. The Bertz CT molecular complexity index is 493. The van der Waals surface area contributed by atoms with Gasteiger partial charge in [-0.25, -0.2) is 0 Å². The number of hydrogen-bond donors (Lipinski definition) is 3. The van der Waals surface area contributed by atoms with E-state index in [0.29, 0.717) is 23.1 Å². The second kappa shape index (κ2) is 7.28. The number of aliphatic hydroxyl groups excluding tert-OH is 1. The van der Waals surface area contributed by atoms with Crippen molar-refractivity contribution in [3.63, 3.8) is 0 Å². The van der Waals surface area contributed by atoms with Gasteiger partial charge in [-0.15, -0.1) is 0 Å². The monoisotopic (exact) mass is 294 g/mol. The van der Waals surface area contributed by atoms with E-state index in [0.717, 1.165) is 13.0 Å². The van der Waals surface area contributed by atoms with Crippen LogP contribution in [0.4, 0.5) is 5.69 Å². The number of amides is 1. The predicted octanol–water partition coefficient (Wildman–Crippen LogP) is 1.00. The standard InChI is InChI=1S/C15H22N2O4/c1-10-5-6-16-14(10)15(19)17-11-3-4-12(20-2)13(9-11)21-8-7-18/h3-4,9-10,14,16,18H,5-8H2,1-2H3,(H,17,19). The molecule has 1 aromatic rings.